The fourth-order valence-corrected chi connectivity index (χ4v) is 4.78. The number of halogens is 7. The highest BCUT2D eigenvalue weighted by Gasteiger charge is 2.40. The molecule has 3 nitrogen and oxygen atoms in total. The minimum absolute atomic E-state index is 0.103. The zero-order chi connectivity index (χ0) is 26.8. The van der Waals surface area contributed by atoms with Gasteiger partial charge in [0.2, 0.25) is 0 Å². The first-order valence-electron chi connectivity index (χ1n) is 11.7. The van der Waals surface area contributed by atoms with Crippen LogP contribution >= 0.6 is 0 Å². The van der Waals surface area contributed by atoms with Crippen molar-refractivity contribution in [1.29, 1.82) is 0 Å². The summed E-state index contributed by atoms with van der Waals surface area (Å²) in [6.07, 6.45) is -6.91. The maximum absolute atomic E-state index is 13.6. The van der Waals surface area contributed by atoms with E-state index >= 15 is 0 Å². The topological polar surface area (TPSA) is 34.1 Å². The van der Waals surface area contributed by atoms with Gasteiger partial charge >= 0.3 is 12.4 Å². The molecule has 0 radical (unpaired) electrons. The van der Waals surface area contributed by atoms with E-state index in [1.165, 1.54) is 19.1 Å². The van der Waals surface area contributed by atoms with Crippen LogP contribution in [0.15, 0.2) is 67.0 Å². The molecule has 0 aliphatic heterocycles. The SMILES string of the molecule is C[C@@H](OC1CCC(NCc2cccnc2)C1c1ccc(F)cc1)c1cc(C(F)(F)F)cc(C(F)(F)F)c1. The Morgan fingerprint density at radius 2 is 1.59 bits per heavy atom. The second-order valence-corrected chi connectivity index (χ2v) is 9.16. The number of hydrogen-bond donors (Lipinski definition) is 1. The summed E-state index contributed by atoms with van der Waals surface area (Å²) < 4.78 is 99.8. The zero-order valence-electron chi connectivity index (χ0n) is 19.8. The fourth-order valence-electron chi connectivity index (χ4n) is 4.78. The third kappa shape index (κ3) is 6.67. The summed E-state index contributed by atoms with van der Waals surface area (Å²) in [5.41, 5.74) is -1.27. The molecule has 1 N–H and O–H groups in total. The summed E-state index contributed by atoms with van der Waals surface area (Å²) in [7, 11) is 0. The third-order valence-corrected chi connectivity index (χ3v) is 6.60. The number of nitrogens with zero attached hydrogens (tertiary/aromatic N) is 1. The molecular formula is C27H25F7N2O. The highest BCUT2D eigenvalue weighted by molar-refractivity contribution is 5.35. The summed E-state index contributed by atoms with van der Waals surface area (Å²) in [5.74, 6) is -0.719. The normalized spacial score (nSPS) is 21.2. The third-order valence-electron chi connectivity index (χ3n) is 6.60. The van der Waals surface area contributed by atoms with Gasteiger partial charge in [-0.2, -0.15) is 26.3 Å². The molecule has 0 spiro atoms. The van der Waals surface area contributed by atoms with Crippen molar-refractivity contribution in [3.05, 3.63) is 101 Å². The van der Waals surface area contributed by atoms with E-state index in [1.807, 2.05) is 6.07 Å². The number of alkyl halides is 6. The first-order valence-corrected chi connectivity index (χ1v) is 11.7. The predicted octanol–water partition coefficient (Wildman–Crippen LogP) is 7.44. The average Bonchev–Trinajstić information content (AvgIpc) is 3.24. The van der Waals surface area contributed by atoms with E-state index in [0.29, 0.717) is 31.5 Å². The van der Waals surface area contributed by atoms with Gasteiger partial charge in [0.25, 0.3) is 0 Å². The Hall–Kier alpha value is -2.98. The maximum Gasteiger partial charge on any atom is 0.416 e. The Kier molecular flexibility index (Phi) is 7.89. The van der Waals surface area contributed by atoms with Crippen LogP contribution < -0.4 is 5.32 Å². The molecule has 1 fully saturated rings. The minimum atomic E-state index is -4.94. The van der Waals surface area contributed by atoms with Crippen LogP contribution in [0, 0.1) is 5.82 Å². The van der Waals surface area contributed by atoms with Gasteiger partial charge in [-0.1, -0.05) is 18.2 Å². The largest absolute Gasteiger partial charge is 0.416 e. The Morgan fingerprint density at radius 3 is 2.16 bits per heavy atom. The van der Waals surface area contributed by atoms with Crippen LogP contribution in [0.3, 0.4) is 0 Å². The Bertz CT molecular complexity index is 1150. The quantitative estimate of drug-likeness (QED) is 0.325. The molecule has 1 aromatic heterocycles. The number of pyridine rings is 1. The Morgan fingerprint density at radius 1 is 0.946 bits per heavy atom. The maximum atomic E-state index is 13.6. The van der Waals surface area contributed by atoms with Crippen LogP contribution in [-0.2, 0) is 23.6 Å². The molecule has 4 atom stereocenters. The van der Waals surface area contributed by atoms with Crippen LogP contribution in [0.4, 0.5) is 30.7 Å². The van der Waals surface area contributed by atoms with Gasteiger partial charge in [0.1, 0.15) is 5.82 Å². The van der Waals surface area contributed by atoms with Crippen molar-refractivity contribution < 1.29 is 35.5 Å². The second-order valence-electron chi connectivity index (χ2n) is 9.16. The molecule has 0 bridgehead atoms. The van der Waals surface area contributed by atoms with Gasteiger partial charge in [0.05, 0.1) is 23.3 Å². The molecule has 3 unspecified atom stereocenters. The zero-order valence-corrected chi connectivity index (χ0v) is 19.8. The molecule has 2 aromatic carbocycles. The van der Waals surface area contributed by atoms with E-state index in [-0.39, 0.29) is 23.6 Å². The Balaban J connectivity index is 1.59. The summed E-state index contributed by atoms with van der Waals surface area (Å²) in [4.78, 5) is 4.09. The van der Waals surface area contributed by atoms with Crippen molar-refractivity contribution in [2.75, 3.05) is 0 Å². The van der Waals surface area contributed by atoms with E-state index in [2.05, 4.69) is 10.3 Å². The van der Waals surface area contributed by atoms with Crippen molar-refractivity contribution in [3.8, 4) is 0 Å². The average molecular weight is 526 g/mol. The Labute approximate surface area is 209 Å². The summed E-state index contributed by atoms with van der Waals surface area (Å²) in [6.45, 7) is 1.94. The van der Waals surface area contributed by atoms with Crippen LogP contribution in [-0.4, -0.2) is 17.1 Å². The number of ether oxygens (including phenoxy) is 1. The molecule has 37 heavy (non-hydrogen) atoms. The van der Waals surface area contributed by atoms with Crippen LogP contribution in [0.2, 0.25) is 0 Å². The molecule has 1 aliphatic rings. The molecular weight excluding hydrogens is 501 g/mol. The molecule has 198 valence electrons. The van der Waals surface area contributed by atoms with Gasteiger partial charge in [-0.3, -0.25) is 4.98 Å². The first-order chi connectivity index (χ1) is 17.4. The predicted molar refractivity (Wildman–Crippen MR) is 123 cm³/mol. The highest BCUT2D eigenvalue weighted by atomic mass is 19.4. The van der Waals surface area contributed by atoms with Gasteiger partial charge in [-0.15, -0.1) is 0 Å². The number of hydrogen-bond acceptors (Lipinski definition) is 3. The minimum Gasteiger partial charge on any atom is -0.370 e. The number of nitrogens with one attached hydrogen (secondary N) is 1. The van der Waals surface area contributed by atoms with E-state index < -0.39 is 41.5 Å². The van der Waals surface area contributed by atoms with Crippen molar-refractivity contribution in [2.24, 2.45) is 0 Å². The molecule has 3 aromatic rings. The molecule has 10 heteroatoms. The van der Waals surface area contributed by atoms with E-state index in [4.69, 9.17) is 4.74 Å². The lowest BCUT2D eigenvalue weighted by atomic mass is 9.91. The molecule has 0 saturated heterocycles. The van der Waals surface area contributed by atoms with Crippen molar-refractivity contribution in [1.82, 2.24) is 10.3 Å². The van der Waals surface area contributed by atoms with E-state index in [0.717, 1.165) is 11.1 Å². The van der Waals surface area contributed by atoms with Gasteiger partial charge in [-0.25, -0.2) is 4.39 Å². The molecule has 1 saturated carbocycles. The molecule has 1 heterocycles. The lowest BCUT2D eigenvalue weighted by Gasteiger charge is -2.29. The molecule has 1 aliphatic carbocycles. The number of aromatic nitrogens is 1. The lowest BCUT2D eigenvalue weighted by molar-refractivity contribution is -0.143. The van der Waals surface area contributed by atoms with Gasteiger partial charge < -0.3 is 10.1 Å². The number of benzene rings is 2. The van der Waals surface area contributed by atoms with Crippen LogP contribution in [0.5, 0.6) is 0 Å². The van der Waals surface area contributed by atoms with Gasteiger partial charge in [0, 0.05) is 30.9 Å². The van der Waals surface area contributed by atoms with Crippen molar-refractivity contribution >= 4 is 0 Å². The smallest absolute Gasteiger partial charge is 0.370 e. The number of rotatable bonds is 7. The van der Waals surface area contributed by atoms with E-state index in [9.17, 15) is 30.7 Å². The summed E-state index contributed by atoms with van der Waals surface area (Å²) in [6, 6.07) is 11.0. The monoisotopic (exact) mass is 526 g/mol. The highest BCUT2D eigenvalue weighted by Crippen LogP contribution is 2.42. The van der Waals surface area contributed by atoms with E-state index in [1.54, 1.807) is 30.6 Å². The second kappa shape index (κ2) is 10.8. The fraction of sp³-hybridized carbons (Fsp3) is 0.370. The lowest BCUT2D eigenvalue weighted by Crippen LogP contribution is -2.34. The molecule has 0 amide bonds. The van der Waals surface area contributed by atoms with Crippen molar-refractivity contribution in [3.63, 3.8) is 0 Å². The standard InChI is InChI=1S/C27H25F7N2O/c1-16(19-11-20(26(29,30)31)13-21(12-19)27(32,33)34)37-24-9-8-23(36-15-17-3-2-10-35-14-17)25(24)18-4-6-22(28)7-5-18/h2-7,10-14,16,23-25,36H,8-9,15H2,1H3/t16-,23?,24?,25?/m1/s1. The summed E-state index contributed by atoms with van der Waals surface area (Å²) >= 11 is 0. The van der Waals surface area contributed by atoms with Crippen LogP contribution in [0.1, 0.15) is 59.6 Å². The van der Waals surface area contributed by atoms with Gasteiger partial charge in [-0.05, 0) is 72.9 Å². The van der Waals surface area contributed by atoms with Crippen molar-refractivity contribution in [2.45, 2.75) is 62.8 Å². The summed E-state index contributed by atoms with van der Waals surface area (Å²) in [5, 5.41) is 3.45. The van der Waals surface area contributed by atoms with Crippen LogP contribution in [0.25, 0.3) is 0 Å². The molecule has 4 rings (SSSR count). The first kappa shape index (κ1) is 27.1. The van der Waals surface area contributed by atoms with Gasteiger partial charge in [0.15, 0.2) is 0 Å².